The lowest BCUT2D eigenvalue weighted by molar-refractivity contribution is 0.0270. The van der Waals surface area contributed by atoms with Crippen molar-refractivity contribution in [2.24, 2.45) is 0 Å². The smallest absolute Gasteiger partial charge is 0.410 e. The standard InChI is InChI=1S/C26H34FN3O3Si/c1-25(2,3)33-24(31)30-12-10-18(11-13-30)23-28-14-20(15-29-23)21-9-7-8-19(22(21)27)16-32-34(6)17-26(34,4)5/h7-10,14-15H,11-13,16-17H2,1-6H3. The van der Waals surface area contributed by atoms with Crippen LogP contribution in [0.4, 0.5) is 9.18 Å². The van der Waals surface area contributed by atoms with Crippen LogP contribution in [-0.2, 0) is 15.8 Å². The topological polar surface area (TPSA) is 64.5 Å². The van der Waals surface area contributed by atoms with Crippen molar-refractivity contribution in [1.82, 2.24) is 14.9 Å². The molecule has 3 heterocycles. The van der Waals surface area contributed by atoms with Crippen LogP contribution in [0.25, 0.3) is 16.7 Å². The molecule has 0 radical (unpaired) electrons. The zero-order chi connectivity index (χ0) is 24.7. The van der Waals surface area contributed by atoms with E-state index < -0.39 is 13.9 Å². The van der Waals surface area contributed by atoms with Gasteiger partial charge in [0.05, 0.1) is 6.61 Å². The summed E-state index contributed by atoms with van der Waals surface area (Å²) in [6.07, 6.45) is 5.59. The average molecular weight is 484 g/mol. The number of benzene rings is 1. The molecule has 2 aliphatic rings. The molecular formula is C26H34FN3O3Si. The molecule has 6 nitrogen and oxygen atoms in total. The Bertz CT molecular complexity index is 1110. The van der Waals surface area contributed by atoms with Crippen LogP contribution in [0.1, 0.15) is 52.4 Å². The van der Waals surface area contributed by atoms with Crippen molar-refractivity contribution in [3.63, 3.8) is 0 Å². The highest BCUT2D eigenvalue weighted by Gasteiger charge is 2.62. The molecule has 34 heavy (non-hydrogen) atoms. The Morgan fingerprint density at radius 1 is 1.24 bits per heavy atom. The van der Waals surface area contributed by atoms with Crippen LogP contribution in [0.2, 0.25) is 17.6 Å². The number of hydrogen-bond acceptors (Lipinski definition) is 5. The minimum atomic E-state index is -1.72. The molecule has 2 aliphatic heterocycles. The van der Waals surface area contributed by atoms with Crippen molar-refractivity contribution < 1.29 is 18.3 Å². The minimum Gasteiger partial charge on any atom is -0.444 e. The van der Waals surface area contributed by atoms with Crippen LogP contribution >= 0.6 is 0 Å². The Balaban J connectivity index is 1.43. The molecule has 1 aromatic carbocycles. The van der Waals surface area contributed by atoms with E-state index in [1.54, 1.807) is 29.4 Å². The van der Waals surface area contributed by atoms with Gasteiger partial charge in [-0.2, -0.15) is 0 Å². The van der Waals surface area contributed by atoms with Gasteiger partial charge in [0.15, 0.2) is 14.1 Å². The monoisotopic (exact) mass is 483 g/mol. The van der Waals surface area contributed by atoms with Crippen molar-refractivity contribution in [2.45, 2.75) is 70.9 Å². The molecule has 1 aromatic heterocycles. The molecule has 1 unspecified atom stereocenters. The van der Waals surface area contributed by atoms with E-state index in [2.05, 4.69) is 30.4 Å². The van der Waals surface area contributed by atoms with Crippen molar-refractivity contribution >= 4 is 20.0 Å². The average Bonchev–Trinajstić information content (AvgIpc) is 3.29. The van der Waals surface area contributed by atoms with Crippen LogP contribution in [0, 0.1) is 5.82 Å². The molecule has 4 rings (SSSR count). The highest BCUT2D eigenvalue weighted by molar-refractivity contribution is 6.86. The summed E-state index contributed by atoms with van der Waals surface area (Å²) in [5, 5.41) is 0.266. The number of aromatic nitrogens is 2. The first kappa shape index (κ1) is 24.5. The number of amides is 1. The van der Waals surface area contributed by atoms with Gasteiger partial charge < -0.3 is 14.1 Å². The molecule has 0 spiro atoms. The van der Waals surface area contributed by atoms with E-state index in [1.807, 2.05) is 32.9 Å². The maximum absolute atomic E-state index is 15.3. The van der Waals surface area contributed by atoms with Crippen LogP contribution in [0.15, 0.2) is 36.7 Å². The number of carbonyl (C=O) groups excluding carboxylic acids is 1. The summed E-state index contributed by atoms with van der Waals surface area (Å²) in [4.78, 5) is 22.9. The first-order valence-corrected chi connectivity index (χ1v) is 14.4. The third kappa shape index (κ3) is 5.23. The van der Waals surface area contributed by atoms with Crippen molar-refractivity contribution in [3.05, 3.63) is 53.9 Å². The van der Waals surface area contributed by atoms with E-state index in [0.717, 1.165) is 11.6 Å². The van der Waals surface area contributed by atoms with Crippen LogP contribution in [0.3, 0.4) is 0 Å². The second-order valence-corrected chi connectivity index (χ2v) is 15.5. The number of halogens is 1. The summed E-state index contributed by atoms with van der Waals surface area (Å²) in [6.45, 7) is 13.5. The summed E-state index contributed by atoms with van der Waals surface area (Å²) in [6, 6.07) is 6.49. The van der Waals surface area contributed by atoms with Crippen molar-refractivity contribution in [1.29, 1.82) is 0 Å². The van der Waals surface area contributed by atoms with Gasteiger partial charge in [0.25, 0.3) is 0 Å². The van der Waals surface area contributed by atoms with Gasteiger partial charge in [-0.3, -0.25) is 0 Å². The summed E-state index contributed by atoms with van der Waals surface area (Å²) >= 11 is 0. The fraction of sp³-hybridized carbons (Fsp3) is 0.500. The Morgan fingerprint density at radius 3 is 2.47 bits per heavy atom. The molecule has 2 aromatic rings. The summed E-state index contributed by atoms with van der Waals surface area (Å²) in [5.41, 5.74) is 2.12. The number of ether oxygens (including phenoxy) is 1. The second kappa shape index (κ2) is 8.89. The van der Waals surface area contributed by atoms with Gasteiger partial charge in [-0.05, 0) is 50.4 Å². The molecule has 8 heteroatoms. The quantitative estimate of drug-likeness (QED) is 0.474. The SMILES string of the molecule is CC(C)(C)OC(=O)N1CC=C(c2ncc(-c3cccc(CO[Si]4(C)CC4(C)C)c3F)cn2)CC1. The van der Waals surface area contributed by atoms with Gasteiger partial charge in [-0.15, -0.1) is 0 Å². The second-order valence-electron chi connectivity index (χ2n) is 11.1. The lowest BCUT2D eigenvalue weighted by Crippen LogP contribution is -2.39. The Labute approximate surface area is 202 Å². The minimum absolute atomic E-state index is 0.266. The van der Waals surface area contributed by atoms with Gasteiger partial charge in [0, 0.05) is 42.2 Å². The van der Waals surface area contributed by atoms with Gasteiger partial charge in [0.2, 0.25) is 0 Å². The predicted molar refractivity (Wildman–Crippen MR) is 133 cm³/mol. The summed E-state index contributed by atoms with van der Waals surface area (Å²) in [7, 11) is -1.72. The molecule has 1 fully saturated rings. The van der Waals surface area contributed by atoms with E-state index in [9.17, 15) is 4.79 Å². The Kier molecular flexibility index (Phi) is 6.42. The first-order chi connectivity index (χ1) is 15.9. The molecule has 0 bridgehead atoms. The third-order valence-corrected chi connectivity index (χ3v) is 11.8. The number of nitrogens with zero attached hydrogens (tertiary/aromatic N) is 3. The van der Waals surface area contributed by atoms with E-state index in [-0.39, 0.29) is 16.9 Å². The number of hydrogen-bond donors (Lipinski definition) is 0. The predicted octanol–water partition coefficient (Wildman–Crippen LogP) is 6.19. The zero-order valence-corrected chi connectivity index (χ0v) is 21.9. The molecule has 1 saturated heterocycles. The van der Waals surface area contributed by atoms with E-state index in [0.29, 0.717) is 48.6 Å². The van der Waals surface area contributed by atoms with Gasteiger partial charge in [-0.1, -0.05) is 38.1 Å². The van der Waals surface area contributed by atoms with Crippen LogP contribution in [0.5, 0.6) is 0 Å². The fourth-order valence-electron chi connectivity index (χ4n) is 4.19. The summed E-state index contributed by atoms with van der Waals surface area (Å²) in [5.74, 6) is 0.321. The van der Waals surface area contributed by atoms with Gasteiger partial charge in [-0.25, -0.2) is 19.2 Å². The third-order valence-electron chi connectivity index (χ3n) is 6.82. The van der Waals surface area contributed by atoms with E-state index in [4.69, 9.17) is 9.16 Å². The maximum Gasteiger partial charge on any atom is 0.410 e. The molecule has 0 saturated carbocycles. The lowest BCUT2D eigenvalue weighted by Gasteiger charge is -2.29. The first-order valence-electron chi connectivity index (χ1n) is 11.8. The van der Waals surface area contributed by atoms with E-state index in [1.165, 1.54) is 0 Å². The van der Waals surface area contributed by atoms with Crippen molar-refractivity contribution in [2.75, 3.05) is 13.1 Å². The molecule has 1 atom stereocenters. The van der Waals surface area contributed by atoms with Gasteiger partial charge in [0.1, 0.15) is 11.4 Å². The molecular weight excluding hydrogens is 449 g/mol. The molecule has 182 valence electrons. The number of rotatable bonds is 5. The Hall–Kier alpha value is -2.58. The van der Waals surface area contributed by atoms with Crippen molar-refractivity contribution in [3.8, 4) is 11.1 Å². The normalized spacial score (nSPS) is 21.7. The zero-order valence-electron chi connectivity index (χ0n) is 20.9. The fourth-order valence-corrected chi connectivity index (χ4v) is 7.51. The molecule has 1 amide bonds. The Morgan fingerprint density at radius 2 is 1.91 bits per heavy atom. The lowest BCUT2D eigenvalue weighted by atomic mass is 10.0. The van der Waals surface area contributed by atoms with E-state index >= 15 is 4.39 Å². The van der Waals surface area contributed by atoms with Gasteiger partial charge >= 0.3 is 6.09 Å². The summed E-state index contributed by atoms with van der Waals surface area (Å²) < 4.78 is 26.9. The van der Waals surface area contributed by atoms with Crippen LogP contribution in [-0.4, -0.2) is 48.0 Å². The molecule has 0 aliphatic carbocycles. The highest BCUT2D eigenvalue weighted by Crippen LogP contribution is 2.62. The van der Waals surface area contributed by atoms with Crippen LogP contribution < -0.4 is 0 Å². The maximum atomic E-state index is 15.3. The molecule has 0 N–H and O–H groups in total. The highest BCUT2D eigenvalue weighted by atomic mass is 28.4. The largest absolute Gasteiger partial charge is 0.444 e. The number of carbonyl (C=O) groups is 1.